The predicted octanol–water partition coefficient (Wildman–Crippen LogP) is 3.27. The molecule has 15 heavy (non-hydrogen) atoms. The summed E-state index contributed by atoms with van der Waals surface area (Å²) in [5, 5.41) is 9.91. The molecule has 0 bridgehead atoms. The third-order valence-electron chi connectivity index (χ3n) is 3.01. The molecule has 1 aromatic rings. The van der Waals surface area contributed by atoms with Crippen LogP contribution >= 0.6 is 0 Å². The molecule has 2 rings (SSSR count). The molecule has 1 aliphatic heterocycles. The molecular weight excluding hydrogens is 188 g/mol. The van der Waals surface area contributed by atoms with Crippen molar-refractivity contribution in [2.75, 3.05) is 0 Å². The molecule has 1 heterocycles. The summed E-state index contributed by atoms with van der Waals surface area (Å²) in [7, 11) is 0. The fourth-order valence-electron chi connectivity index (χ4n) is 1.86. The fourth-order valence-corrected chi connectivity index (χ4v) is 1.86. The van der Waals surface area contributed by atoms with Gasteiger partial charge in [-0.1, -0.05) is 6.08 Å². The lowest BCUT2D eigenvalue weighted by Gasteiger charge is -2.23. The molecule has 0 saturated heterocycles. The maximum absolute atomic E-state index is 9.91. The van der Waals surface area contributed by atoms with E-state index in [2.05, 4.69) is 0 Å². The number of rotatable bonds is 0. The Bertz CT molecular complexity index is 445. The van der Waals surface area contributed by atoms with Crippen LogP contribution in [0.3, 0.4) is 0 Å². The zero-order valence-corrected chi connectivity index (χ0v) is 9.51. The van der Waals surface area contributed by atoms with Crippen molar-refractivity contribution >= 4 is 6.08 Å². The summed E-state index contributed by atoms with van der Waals surface area (Å²) in [6.07, 6.45) is 4.80. The monoisotopic (exact) mass is 203 g/mol. The Hall–Kier alpha value is -1.44. The van der Waals surface area contributed by atoms with Crippen molar-refractivity contribution in [2.24, 2.45) is 0 Å². The van der Waals surface area contributed by atoms with Crippen molar-refractivity contribution in [2.45, 2.75) is 27.7 Å². The van der Waals surface area contributed by atoms with Crippen LogP contribution in [0, 0.1) is 26.9 Å². The largest absolute Gasteiger partial charge is 0.507 e. The summed E-state index contributed by atoms with van der Waals surface area (Å²) in [5.41, 5.74) is 3.78. The molecule has 1 aliphatic rings. The molecule has 0 saturated carbocycles. The van der Waals surface area contributed by atoms with Gasteiger partial charge in [0.1, 0.15) is 11.5 Å². The van der Waals surface area contributed by atoms with E-state index in [9.17, 15) is 5.11 Å². The van der Waals surface area contributed by atoms with Gasteiger partial charge in [0, 0.05) is 11.1 Å². The van der Waals surface area contributed by atoms with Crippen molar-refractivity contribution in [3.05, 3.63) is 34.4 Å². The smallest absolute Gasteiger partial charge is 0.167 e. The lowest BCUT2D eigenvalue weighted by atomic mass is 9.95. The van der Waals surface area contributed by atoms with Gasteiger partial charge in [-0.2, -0.15) is 0 Å². The van der Waals surface area contributed by atoms with Gasteiger partial charge >= 0.3 is 0 Å². The van der Waals surface area contributed by atoms with Gasteiger partial charge in [-0.15, -0.1) is 0 Å². The van der Waals surface area contributed by atoms with Gasteiger partial charge in [-0.25, -0.2) is 0 Å². The minimum absolute atomic E-state index is 0.374. The maximum Gasteiger partial charge on any atom is 0.167 e. The second-order valence-corrected chi connectivity index (χ2v) is 4.01. The first-order valence-electron chi connectivity index (χ1n) is 5.04. The molecule has 0 aromatic heterocycles. The van der Waals surface area contributed by atoms with Crippen molar-refractivity contribution in [3.63, 3.8) is 0 Å². The van der Waals surface area contributed by atoms with Crippen LogP contribution in [0.1, 0.15) is 29.2 Å². The standard InChI is InChI=1S/C13H15O2/c1-7-5-6-11-10(4)12(14)8(2)9(3)13(11)15-7/h5-6,14H,1-4H3. The molecule has 1 radical (unpaired) electrons. The molecule has 2 heteroatoms. The van der Waals surface area contributed by atoms with Crippen LogP contribution in [0.15, 0.2) is 6.08 Å². The van der Waals surface area contributed by atoms with E-state index in [0.717, 1.165) is 34.1 Å². The van der Waals surface area contributed by atoms with E-state index < -0.39 is 0 Å². The van der Waals surface area contributed by atoms with Gasteiger partial charge in [-0.3, -0.25) is 0 Å². The lowest BCUT2D eigenvalue weighted by molar-refractivity contribution is 0.357. The number of ether oxygens (including phenoxy) is 1. The average Bonchev–Trinajstić information content (AvgIpc) is 2.23. The molecule has 0 fully saturated rings. The van der Waals surface area contributed by atoms with Crippen LogP contribution in [0.4, 0.5) is 0 Å². The number of fused-ring (bicyclic) bond motifs is 1. The van der Waals surface area contributed by atoms with Crippen molar-refractivity contribution in [1.82, 2.24) is 0 Å². The first-order valence-corrected chi connectivity index (χ1v) is 5.04. The number of hydrogen-bond acceptors (Lipinski definition) is 2. The molecular formula is C13H15O2. The number of phenols is 1. The summed E-state index contributed by atoms with van der Waals surface area (Å²) < 4.78 is 5.70. The van der Waals surface area contributed by atoms with E-state index in [1.165, 1.54) is 0 Å². The van der Waals surface area contributed by atoms with Gasteiger partial charge in [0.05, 0.1) is 0 Å². The molecule has 0 aliphatic carbocycles. The van der Waals surface area contributed by atoms with Crippen LogP contribution in [0.5, 0.6) is 11.5 Å². The highest BCUT2D eigenvalue weighted by atomic mass is 16.5. The summed E-state index contributed by atoms with van der Waals surface area (Å²) in [6, 6.07) is 0. The molecule has 1 N–H and O–H groups in total. The number of aromatic hydroxyl groups is 1. The number of hydrogen-bond donors (Lipinski definition) is 1. The van der Waals surface area contributed by atoms with Gasteiger partial charge in [-0.05, 0) is 44.9 Å². The van der Waals surface area contributed by atoms with Gasteiger partial charge in [0.15, 0.2) is 6.10 Å². The second kappa shape index (κ2) is 3.30. The van der Waals surface area contributed by atoms with E-state index in [0.29, 0.717) is 5.75 Å². The lowest BCUT2D eigenvalue weighted by Crippen LogP contribution is -2.08. The van der Waals surface area contributed by atoms with Crippen LogP contribution in [-0.2, 0) is 0 Å². The molecule has 0 spiro atoms. The zero-order valence-electron chi connectivity index (χ0n) is 9.51. The Morgan fingerprint density at radius 1 is 0.933 bits per heavy atom. The van der Waals surface area contributed by atoms with Crippen molar-refractivity contribution in [1.29, 1.82) is 0 Å². The Morgan fingerprint density at radius 2 is 1.60 bits per heavy atom. The highest BCUT2D eigenvalue weighted by Gasteiger charge is 2.20. The van der Waals surface area contributed by atoms with E-state index in [1.807, 2.05) is 39.8 Å². The van der Waals surface area contributed by atoms with E-state index in [1.54, 1.807) is 0 Å². The van der Waals surface area contributed by atoms with Crippen molar-refractivity contribution in [3.8, 4) is 11.5 Å². The van der Waals surface area contributed by atoms with E-state index in [4.69, 9.17) is 4.74 Å². The minimum Gasteiger partial charge on any atom is -0.507 e. The number of benzene rings is 1. The zero-order chi connectivity index (χ0) is 11.2. The Kier molecular flexibility index (Phi) is 2.22. The molecule has 79 valence electrons. The first kappa shape index (κ1) is 10.1. The van der Waals surface area contributed by atoms with E-state index in [-0.39, 0.29) is 0 Å². The molecule has 0 amide bonds. The summed E-state index contributed by atoms with van der Waals surface area (Å²) in [4.78, 5) is 0. The molecule has 1 aromatic carbocycles. The SMILES string of the molecule is C[C]1C=Cc2c(C)c(O)c(C)c(C)c2O1. The first-order chi connectivity index (χ1) is 7.02. The quantitative estimate of drug-likeness (QED) is 0.701. The Morgan fingerprint density at radius 3 is 2.27 bits per heavy atom. The average molecular weight is 203 g/mol. The number of phenolic OH excluding ortho intramolecular Hbond substituents is 1. The highest BCUT2D eigenvalue weighted by molar-refractivity contribution is 5.71. The van der Waals surface area contributed by atoms with Gasteiger partial charge in [0.25, 0.3) is 0 Å². The Balaban J connectivity index is 2.74. The minimum atomic E-state index is 0.374. The van der Waals surface area contributed by atoms with Crippen LogP contribution in [0.25, 0.3) is 6.08 Å². The summed E-state index contributed by atoms with van der Waals surface area (Å²) in [6.45, 7) is 7.72. The van der Waals surface area contributed by atoms with E-state index >= 15 is 0 Å². The Labute approximate surface area is 90.2 Å². The second-order valence-electron chi connectivity index (χ2n) is 4.01. The van der Waals surface area contributed by atoms with Crippen LogP contribution in [-0.4, -0.2) is 5.11 Å². The van der Waals surface area contributed by atoms with Crippen LogP contribution in [0.2, 0.25) is 0 Å². The molecule has 0 unspecified atom stereocenters. The van der Waals surface area contributed by atoms with Crippen LogP contribution < -0.4 is 4.74 Å². The topological polar surface area (TPSA) is 29.5 Å². The third-order valence-corrected chi connectivity index (χ3v) is 3.01. The fraction of sp³-hybridized carbons (Fsp3) is 0.308. The molecule has 0 atom stereocenters. The maximum atomic E-state index is 9.91. The summed E-state index contributed by atoms with van der Waals surface area (Å²) >= 11 is 0. The summed E-state index contributed by atoms with van der Waals surface area (Å²) in [5.74, 6) is 1.25. The van der Waals surface area contributed by atoms with Crippen molar-refractivity contribution < 1.29 is 9.84 Å². The third kappa shape index (κ3) is 1.41. The molecule has 2 nitrogen and oxygen atoms in total. The van der Waals surface area contributed by atoms with Gasteiger partial charge < -0.3 is 9.84 Å². The normalized spacial score (nSPS) is 14.9. The predicted molar refractivity (Wildman–Crippen MR) is 60.9 cm³/mol. The van der Waals surface area contributed by atoms with Gasteiger partial charge in [0.2, 0.25) is 0 Å². The highest BCUT2D eigenvalue weighted by Crippen LogP contribution is 2.40.